The average molecular weight is 198 g/mol. The van der Waals surface area contributed by atoms with Gasteiger partial charge in [0, 0.05) is 10.6 Å². The van der Waals surface area contributed by atoms with Gasteiger partial charge < -0.3 is 5.73 Å². The van der Waals surface area contributed by atoms with Gasteiger partial charge in [0.25, 0.3) is 0 Å². The Bertz CT molecular complexity index is 334. The summed E-state index contributed by atoms with van der Waals surface area (Å²) < 4.78 is 0. The van der Waals surface area contributed by atoms with Crippen LogP contribution in [0.5, 0.6) is 0 Å². The van der Waals surface area contributed by atoms with Gasteiger partial charge in [-0.25, -0.2) is 0 Å². The number of nitrogens with two attached hydrogens (primary N) is 1. The van der Waals surface area contributed by atoms with E-state index in [1.807, 2.05) is 19.9 Å². The molecule has 0 saturated heterocycles. The summed E-state index contributed by atoms with van der Waals surface area (Å²) in [6.07, 6.45) is 0. The smallest absolute Gasteiger partial charge is 0.249 e. The van der Waals surface area contributed by atoms with Crippen molar-refractivity contribution in [1.82, 2.24) is 0 Å². The molecule has 1 rings (SSSR count). The SMILES string of the molecule is CC(C)c1ccc(Cl)cc1C(N)=O. The largest absolute Gasteiger partial charge is 0.366 e. The van der Waals surface area contributed by atoms with Crippen LogP contribution >= 0.6 is 11.6 Å². The zero-order chi connectivity index (χ0) is 10.0. The fourth-order valence-electron chi connectivity index (χ4n) is 1.25. The molecule has 2 N–H and O–H groups in total. The molecule has 0 saturated carbocycles. The Hall–Kier alpha value is -1.02. The van der Waals surface area contributed by atoms with E-state index in [2.05, 4.69) is 0 Å². The van der Waals surface area contributed by atoms with E-state index in [9.17, 15) is 4.79 Å². The highest BCUT2D eigenvalue weighted by molar-refractivity contribution is 6.31. The van der Waals surface area contributed by atoms with E-state index in [-0.39, 0.29) is 5.92 Å². The fraction of sp³-hybridized carbons (Fsp3) is 0.300. The van der Waals surface area contributed by atoms with Gasteiger partial charge in [0.1, 0.15) is 0 Å². The third kappa shape index (κ3) is 2.22. The molecule has 0 aliphatic rings. The second-order valence-electron chi connectivity index (χ2n) is 3.25. The summed E-state index contributed by atoms with van der Waals surface area (Å²) in [6.45, 7) is 4.02. The topological polar surface area (TPSA) is 43.1 Å². The van der Waals surface area contributed by atoms with Gasteiger partial charge in [-0.1, -0.05) is 31.5 Å². The first-order valence-electron chi connectivity index (χ1n) is 4.11. The average Bonchev–Trinajstić information content (AvgIpc) is 2.03. The first-order chi connectivity index (χ1) is 6.02. The summed E-state index contributed by atoms with van der Waals surface area (Å²) in [5.74, 6) is -0.147. The molecule has 0 heterocycles. The van der Waals surface area contributed by atoms with Crippen molar-refractivity contribution in [2.45, 2.75) is 19.8 Å². The number of benzene rings is 1. The van der Waals surface area contributed by atoms with Crippen LogP contribution in [-0.2, 0) is 0 Å². The van der Waals surface area contributed by atoms with Gasteiger partial charge in [0.2, 0.25) is 5.91 Å². The summed E-state index contributed by atoms with van der Waals surface area (Å²) >= 11 is 5.76. The summed E-state index contributed by atoms with van der Waals surface area (Å²) in [5, 5.41) is 0.540. The van der Waals surface area contributed by atoms with E-state index in [4.69, 9.17) is 17.3 Å². The van der Waals surface area contributed by atoms with Gasteiger partial charge >= 0.3 is 0 Å². The lowest BCUT2D eigenvalue weighted by molar-refractivity contribution is 0.0999. The summed E-state index contributed by atoms with van der Waals surface area (Å²) in [7, 11) is 0. The molecule has 0 spiro atoms. The fourth-order valence-corrected chi connectivity index (χ4v) is 1.42. The van der Waals surface area contributed by atoms with Crippen molar-refractivity contribution in [3.05, 3.63) is 34.3 Å². The molecule has 0 atom stereocenters. The predicted molar refractivity (Wildman–Crippen MR) is 54.1 cm³/mol. The first-order valence-corrected chi connectivity index (χ1v) is 4.49. The monoisotopic (exact) mass is 197 g/mol. The van der Waals surface area contributed by atoms with Crippen LogP contribution in [0.3, 0.4) is 0 Å². The lowest BCUT2D eigenvalue weighted by Gasteiger charge is -2.09. The number of carbonyl (C=O) groups excluding carboxylic acids is 1. The molecular weight excluding hydrogens is 186 g/mol. The Balaban J connectivity index is 3.27. The van der Waals surface area contributed by atoms with Crippen LogP contribution in [0.4, 0.5) is 0 Å². The quantitative estimate of drug-likeness (QED) is 0.778. The number of halogens is 1. The summed E-state index contributed by atoms with van der Waals surface area (Å²) in [5.41, 5.74) is 6.68. The van der Waals surface area contributed by atoms with E-state index in [1.54, 1.807) is 12.1 Å². The molecule has 0 unspecified atom stereocenters. The van der Waals surface area contributed by atoms with Crippen LogP contribution in [-0.4, -0.2) is 5.91 Å². The van der Waals surface area contributed by atoms with Crippen molar-refractivity contribution in [1.29, 1.82) is 0 Å². The number of rotatable bonds is 2. The number of amides is 1. The molecule has 0 fully saturated rings. The molecule has 0 bridgehead atoms. The maximum atomic E-state index is 11.0. The maximum absolute atomic E-state index is 11.0. The van der Waals surface area contributed by atoms with Crippen molar-refractivity contribution >= 4 is 17.5 Å². The second-order valence-corrected chi connectivity index (χ2v) is 3.69. The summed E-state index contributed by atoms with van der Waals surface area (Å²) in [6, 6.07) is 5.22. The molecule has 3 heteroatoms. The van der Waals surface area contributed by atoms with E-state index in [0.717, 1.165) is 5.56 Å². The van der Waals surface area contributed by atoms with E-state index >= 15 is 0 Å². The predicted octanol–water partition coefficient (Wildman–Crippen LogP) is 2.56. The Kier molecular flexibility index (Phi) is 2.94. The third-order valence-electron chi connectivity index (χ3n) is 1.90. The van der Waals surface area contributed by atoms with Crippen LogP contribution in [0.25, 0.3) is 0 Å². The first kappa shape index (κ1) is 10.1. The normalized spacial score (nSPS) is 10.5. The molecule has 70 valence electrons. The minimum absolute atomic E-state index is 0.278. The lowest BCUT2D eigenvalue weighted by Crippen LogP contribution is -2.14. The van der Waals surface area contributed by atoms with Crippen molar-refractivity contribution < 1.29 is 4.79 Å². The zero-order valence-electron chi connectivity index (χ0n) is 7.67. The van der Waals surface area contributed by atoms with Crippen molar-refractivity contribution in [2.24, 2.45) is 5.73 Å². The number of hydrogen-bond acceptors (Lipinski definition) is 1. The Morgan fingerprint density at radius 3 is 2.54 bits per heavy atom. The van der Waals surface area contributed by atoms with Gasteiger partial charge in [-0.05, 0) is 23.6 Å². The van der Waals surface area contributed by atoms with Crippen LogP contribution in [0.1, 0.15) is 35.7 Å². The Morgan fingerprint density at radius 1 is 1.46 bits per heavy atom. The molecule has 1 aromatic carbocycles. The highest BCUT2D eigenvalue weighted by atomic mass is 35.5. The Morgan fingerprint density at radius 2 is 2.08 bits per heavy atom. The lowest BCUT2D eigenvalue weighted by atomic mass is 9.97. The third-order valence-corrected chi connectivity index (χ3v) is 2.14. The van der Waals surface area contributed by atoms with Crippen LogP contribution in [0.15, 0.2) is 18.2 Å². The molecule has 13 heavy (non-hydrogen) atoms. The minimum Gasteiger partial charge on any atom is -0.366 e. The van der Waals surface area contributed by atoms with Gasteiger partial charge in [-0.15, -0.1) is 0 Å². The second kappa shape index (κ2) is 3.79. The number of carbonyl (C=O) groups is 1. The summed E-state index contributed by atoms with van der Waals surface area (Å²) in [4.78, 5) is 11.0. The van der Waals surface area contributed by atoms with Gasteiger partial charge in [0.05, 0.1) is 0 Å². The Labute approximate surface area is 82.7 Å². The van der Waals surface area contributed by atoms with E-state index in [0.29, 0.717) is 10.6 Å². The van der Waals surface area contributed by atoms with E-state index < -0.39 is 5.91 Å². The van der Waals surface area contributed by atoms with Crippen molar-refractivity contribution in [3.8, 4) is 0 Å². The van der Waals surface area contributed by atoms with Crippen LogP contribution in [0.2, 0.25) is 5.02 Å². The molecule has 2 nitrogen and oxygen atoms in total. The molecule has 0 radical (unpaired) electrons. The maximum Gasteiger partial charge on any atom is 0.249 e. The highest BCUT2D eigenvalue weighted by Crippen LogP contribution is 2.22. The van der Waals surface area contributed by atoms with Crippen LogP contribution < -0.4 is 5.73 Å². The van der Waals surface area contributed by atoms with Gasteiger partial charge in [-0.3, -0.25) is 4.79 Å². The van der Waals surface area contributed by atoms with Crippen LogP contribution in [0, 0.1) is 0 Å². The minimum atomic E-state index is -0.425. The zero-order valence-corrected chi connectivity index (χ0v) is 8.43. The van der Waals surface area contributed by atoms with Gasteiger partial charge in [0.15, 0.2) is 0 Å². The van der Waals surface area contributed by atoms with E-state index in [1.165, 1.54) is 0 Å². The molecule has 1 aromatic rings. The van der Waals surface area contributed by atoms with Crippen molar-refractivity contribution in [2.75, 3.05) is 0 Å². The molecular formula is C10H12ClNO. The standard InChI is InChI=1S/C10H12ClNO/c1-6(2)8-4-3-7(11)5-9(8)10(12)13/h3-6H,1-2H3,(H2,12,13). The molecule has 0 aromatic heterocycles. The van der Waals surface area contributed by atoms with Crippen molar-refractivity contribution in [3.63, 3.8) is 0 Å². The molecule has 1 amide bonds. The van der Waals surface area contributed by atoms with Gasteiger partial charge in [-0.2, -0.15) is 0 Å². The molecule has 0 aliphatic heterocycles. The number of hydrogen-bond donors (Lipinski definition) is 1. The number of primary amides is 1. The molecule has 0 aliphatic carbocycles. The highest BCUT2D eigenvalue weighted by Gasteiger charge is 2.10.